The first kappa shape index (κ1) is 17.3. The van der Waals surface area contributed by atoms with E-state index in [-0.39, 0.29) is 18.3 Å². The van der Waals surface area contributed by atoms with Gasteiger partial charge in [0.25, 0.3) is 0 Å². The molecule has 0 atom stereocenters. The summed E-state index contributed by atoms with van der Waals surface area (Å²) < 4.78 is 38.4. The normalized spacial score (nSPS) is 15.6. The van der Waals surface area contributed by atoms with Crippen LogP contribution in [0.4, 0.5) is 19.0 Å². The first-order valence-electron chi connectivity index (χ1n) is 7.95. The molecule has 1 aromatic carbocycles. The highest BCUT2D eigenvalue weighted by Gasteiger charge is 2.33. The molecule has 25 heavy (non-hydrogen) atoms. The number of rotatable bonds is 3. The van der Waals surface area contributed by atoms with Gasteiger partial charge >= 0.3 is 6.18 Å². The van der Waals surface area contributed by atoms with Gasteiger partial charge in [0.15, 0.2) is 0 Å². The number of carbonyl (C=O) groups is 1. The molecular formula is C18H18F3N3O. The summed E-state index contributed by atoms with van der Waals surface area (Å²) in [5.74, 6) is 0.0605. The molecule has 1 aliphatic rings. The summed E-state index contributed by atoms with van der Waals surface area (Å²) in [5, 5.41) is 0. The molecule has 0 bridgehead atoms. The van der Waals surface area contributed by atoms with Crippen LogP contribution < -0.4 is 4.90 Å². The van der Waals surface area contributed by atoms with E-state index in [0.717, 1.165) is 17.2 Å². The molecule has 2 aromatic rings. The van der Waals surface area contributed by atoms with E-state index < -0.39 is 11.9 Å². The maximum Gasteiger partial charge on any atom is 0.433 e. The molecule has 1 fully saturated rings. The molecule has 0 aliphatic carbocycles. The lowest BCUT2D eigenvalue weighted by atomic mass is 10.1. The van der Waals surface area contributed by atoms with Crippen molar-refractivity contribution >= 4 is 11.7 Å². The van der Waals surface area contributed by atoms with E-state index in [1.165, 1.54) is 12.1 Å². The molecule has 1 aliphatic heterocycles. The van der Waals surface area contributed by atoms with Gasteiger partial charge in [0.05, 0.1) is 6.54 Å². The Labute approximate surface area is 143 Å². The van der Waals surface area contributed by atoms with Crippen molar-refractivity contribution in [3.8, 4) is 0 Å². The van der Waals surface area contributed by atoms with Crippen molar-refractivity contribution in [1.29, 1.82) is 0 Å². The second kappa shape index (κ2) is 6.74. The van der Waals surface area contributed by atoms with Gasteiger partial charge in [0, 0.05) is 19.6 Å². The van der Waals surface area contributed by atoms with E-state index in [1.807, 2.05) is 31.2 Å². The highest BCUT2D eigenvalue weighted by atomic mass is 19.4. The number of hydrogen-bond donors (Lipinski definition) is 0. The van der Waals surface area contributed by atoms with E-state index in [4.69, 9.17) is 0 Å². The Hall–Kier alpha value is -2.57. The standard InChI is InChI=1S/C18H18F3N3O/c1-13-4-2-5-14(10-13)11-24-9-8-23(12-17(24)25)16-7-3-6-15(22-16)18(19,20)21/h2-7,10H,8-9,11-12H2,1H3. The molecule has 0 radical (unpaired) electrons. The summed E-state index contributed by atoms with van der Waals surface area (Å²) in [6, 6.07) is 11.7. The SMILES string of the molecule is Cc1cccc(CN2CCN(c3cccc(C(F)(F)F)n3)CC2=O)c1. The molecule has 0 N–H and O–H groups in total. The van der Waals surface area contributed by atoms with Crippen LogP contribution in [0.5, 0.6) is 0 Å². The topological polar surface area (TPSA) is 36.4 Å². The van der Waals surface area contributed by atoms with Crippen molar-refractivity contribution < 1.29 is 18.0 Å². The minimum absolute atomic E-state index is 0.0279. The summed E-state index contributed by atoms with van der Waals surface area (Å²) in [7, 11) is 0. The molecule has 7 heteroatoms. The summed E-state index contributed by atoms with van der Waals surface area (Å²) in [4.78, 5) is 19.3. The highest BCUT2D eigenvalue weighted by molar-refractivity contribution is 5.82. The zero-order chi connectivity index (χ0) is 18.0. The van der Waals surface area contributed by atoms with Crippen LogP contribution in [0.3, 0.4) is 0 Å². The summed E-state index contributed by atoms with van der Waals surface area (Å²) in [6.45, 7) is 3.42. The number of anilines is 1. The van der Waals surface area contributed by atoms with Gasteiger partial charge in [-0.3, -0.25) is 4.79 Å². The molecule has 2 heterocycles. The Morgan fingerprint density at radius 1 is 1.12 bits per heavy atom. The maximum atomic E-state index is 12.8. The zero-order valence-electron chi connectivity index (χ0n) is 13.8. The van der Waals surface area contributed by atoms with Gasteiger partial charge in [0.1, 0.15) is 11.5 Å². The van der Waals surface area contributed by atoms with Crippen LogP contribution in [-0.2, 0) is 17.5 Å². The molecule has 3 rings (SSSR count). The number of alkyl halides is 3. The van der Waals surface area contributed by atoms with Gasteiger partial charge < -0.3 is 9.80 Å². The number of hydrogen-bond acceptors (Lipinski definition) is 3. The Kier molecular flexibility index (Phi) is 4.65. The lowest BCUT2D eigenvalue weighted by Gasteiger charge is -2.35. The summed E-state index contributed by atoms with van der Waals surface area (Å²) in [6.07, 6.45) is -4.49. The molecule has 1 aromatic heterocycles. The van der Waals surface area contributed by atoms with Crippen molar-refractivity contribution in [3.05, 3.63) is 59.3 Å². The third-order valence-corrected chi connectivity index (χ3v) is 4.12. The number of amides is 1. The monoisotopic (exact) mass is 349 g/mol. The molecule has 0 saturated carbocycles. The second-order valence-electron chi connectivity index (χ2n) is 6.10. The average molecular weight is 349 g/mol. The zero-order valence-corrected chi connectivity index (χ0v) is 13.8. The van der Waals surface area contributed by atoms with Crippen molar-refractivity contribution in [2.24, 2.45) is 0 Å². The number of aryl methyl sites for hydroxylation is 1. The van der Waals surface area contributed by atoms with Gasteiger partial charge in [0.2, 0.25) is 5.91 Å². The van der Waals surface area contributed by atoms with Crippen LogP contribution in [0, 0.1) is 6.92 Å². The van der Waals surface area contributed by atoms with E-state index in [1.54, 1.807) is 9.80 Å². The molecular weight excluding hydrogens is 331 g/mol. The molecule has 4 nitrogen and oxygen atoms in total. The van der Waals surface area contributed by atoms with Crippen LogP contribution >= 0.6 is 0 Å². The van der Waals surface area contributed by atoms with E-state index >= 15 is 0 Å². The molecule has 132 valence electrons. The number of benzene rings is 1. The van der Waals surface area contributed by atoms with Crippen LogP contribution in [0.1, 0.15) is 16.8 Å². The fourth-order valence-electron chi connectivity index (χ4n) is 2.86. The van der Waals surface area contributed by atoms with E-state index in [0.29, 0.717) is 19.6 Å². The summed E-state index contributed by atoms with van der Waals surface area (Å²) in [5.41, 5.74) is 1.22. The number of piperazine rings is 1. The second-order valence-corrected chi connectivity index (χ2v) is 6.10. The quantitative estimate of drug-likeness (QED) is 0.853. The molecule has 1 amide bonds. The number of halogens is 3. The average Bonchev–Trinajstić information content (AvgIpc) is 2.56. The molecule has 1 saturated heterocycles. The molecule has 0 spiro atoms. The maximum absolute atomic E-state index is 12.8. The molecule has 0 unspecified atom stereocenters. The van der Waals surface area contributed by atoms with Crippen molar-refractivity contribution in [2.45, 2.75) is 19.6 Å². The van der Waals surface area contributed by atoms with Crippen LogP contribution in [0.25, 0.3) is 0 Å². The first-order chi connectivity index (χ1) is 11.8. The number of nitrogens with zero attached hydrogens (tertiary/aromatic N) is 3. The lowest BCUT2D eigenvalue weighted by Crippen LogP contribution is -2.50. The minimum Gasteiger partial charge on any atom is -0.346 e. The number of aromatic nitrogens is 1. The smallest absolute Gasteiger partial charge is 0.346 e. The van der Waals surface area contributed by atoms with E-state index in [9.17, 15) is 18.0 Å². The van der Waals surface area contributed by atoms with Gasteiger partial charge in [-0.25, -0.2) is 4.98 Å². The van der Waals surface area contributed by atoms with Crippen LogP contribution in [-0.4, -0.2) is 35.4 Å². The predicted octanol–water partition coefficient (Wildman–Crippen LogP) is 3.26. The first-order valence-corrected chi connectivity index (χ1v) is 7.95. The van der Waals surface area contributed by atoms with Crippen molar-refractivity contribution in [1.82, 2.24) is 9.88 Å². The lowest BCUT2D eigenvalue weighted by molar-refractivity contribution is -0.141. The van der Waals surface area contributed by atoms with Gasteiger partial charge in [-0.2, -0.15) is 13.2 Å². The fraction of sp³-hybridized carbons (Fsp3) is 0.333. The third kappa shape index (κ3) is 4.10. The van der Waals surface area contributed by atoms with Crippen LogP contribution in [0.2, 0.25) is 0 Å². The number of carbonyl (C=O) groups excluding carboxylic acids is 1. The van der Waals surface area contributed by atoms with Crippen LogP contribution in [0.15, 0.2) is 42.5 Å². The Balaban J connectivity index is 1.69. The fourth-order valence-corrected chi connectivity index (χ4v) is 2.86. The number of pyridine rings is 1. The highest BCUT2D eigenvalue weighted by Crippen LogP contribution is 2.29. The Morgan fingerprint density at radius 2 is 1.88 bits per heavy atom. The van der Waals surface area contributed by atoms with E-state index in [2.05, 4.69) is 4.98 Å². The predicted molar refractivity (Wildman–Crippen MR) is 88.0 cm³/mol. The van der Waals surface area contributed by atoms with Gasteiger partial charge in [-0.05, 0) is 24.6 Å². The summed E-state index contributed by atoms with van der Waals surface area (Å²) >= 11 is 0. The largest absolute Gasteiger partial charge is 0.433 e. The third-order valence-electron chi connectivity index (χ3n) is 4.12. The van der Waals surface area contributed by atoms with Crippen molar-refractivity contribution in [2.75, 3.05) is 24.5 Å². The minimum atomic E-state index is -4.49. The van der Waals surface area contributed by atoms with Gasteiger partial charge in [-0.15, -0.1) is 0 Å². The van der Waals surface area contributed by atoms with Crippen molar-refractivity contribution in [3.63, 3.8) is 0 Å². The Bertz CT molecular complexity index is 776. The van der Waals surface area contributed by atoms with Gasteiger partial charge in [-0.1, -0.05) is 35.9 Å². The Morgan fingerprint density at radius 3 is 2.56 bits per heavy atom.